The normalized spacial score (nSPS) is 17.3. The summed E-state index contributed by atoms with van der Waals surface area (Å²) in [6.07, 6.45) is 1.02. The number of hydrogen-bond donors (Lipinski definition) is 1. The number of piperazine rings is 1. The van der Waals surface area contributed by atoms with Crippen LogP contribution in [0.1, 0.15) is 45.1 Å². The second kappa shape index (κ2) is 10.5. The molecule has 1 unspecified atom stereocenters. The van der Waals surface area contributed by atoms with Crippen LogP contribution in [0.4, 0.5) is 0 Å². The fourth-order valence-corrected chi connectivity index (χ4v) is 3.52. The number of methoxy groups -OCH3 is 1. The van der Waals surface area contributed by atoms with Crippen LogP contribution in [0.25, 0.3) is 0 Å². The molecule has 2 rings (SSSR count). The van der Waals surface area contributed by atoms with Crippen LogP contribution in [0.2, 0.25) is 0 Å². The molecule has 6 nitrogen and oxygen atoms in total. The van der Waals surface area contributed by atoms with E-state index in [-0.39, 0.29) is 17.7 Å². The molecule has 1 N–H and O–H groups in total. The Morgan fingerprint density at radius 1 is 1.07 bits per heavy atom. The van der Waals surface area contributed by atoms with Gasteiger partial charge in [0.15, 0.2) is 0 Å². The molecule has 2 amide bonds. The van der Waals surface area contributed by atoms with Crippen molar-refractivity contribution in [3.8, 4) is 5.75 Å². The van der Waals surface area contributed by atoms with Gasteiger partial charge in [-0.05, 0) is 43.0 Å². The van der Waals surface area contributed by atoms with Crippen molar-refractivity contribution >= 4 is 11.8 Å². The standard InChI is InChI=1S/C22H35N3O3/c1-16(2)14-20(22(27)25-12-10-24(4)11-13-25)23-21(26)15-17(3)18-6-8-19(28-5)9-7-18/h6-9,16-17,20H,10-15H2,1-5H3,(H,23,26)/t17?,20-/m1/s1. The zero-order valence-corrected chi connectivity index (χ0v) is 17.9. The third-order valence-corrected chi connectivity index (χ3v) is 5.33. The smallest absolute Gasteiger partial charge is 0.245 e. The van der Waals surface area contributed by atoms with Crippen molar-refractivity contribution in [2.75, 3.05) is 40.3 Å². The molecule has 0 bridgehead atoms. The van der Waals surface area contributed by atoms with Gasteiger partial charge in [0.25, 0.3) is 0 Å². The zero-order chi connectivity index (χ0) is 20.7. The number of benzene rings is 1. The van der Waals surface area contributed by atoms with Gasteiger partial charge in [0.1, 0.15) is 11.8 Å². The number of carbonyl (C=O) groups is 2. The van der Waals surface area contributed by atoms with Crippen LogP contribution >= 0.6 is 0 Å². The van der Waals surface area contributed by atoms with Crippen LogP contribution in [0, 0.1) is 5.92 Å². The number of nitrogens with one attached hydrogen (secondary N) is 1. The van der Waals surface area contributed by atoms with Crippen molar-refractivity contribution in [2.45, 2.75) is 45.6 Å². The van der Waals surface area contributed by atoms with Gasteiger partial charge < -0.3 is 19.9 Å². The zero-order valence-electron chi connectivity index (χ0n) is 17.9. The fourth-order valence-electron chi connectivity index (χ4n) is 3.52. The number of nitrogens with zero attached hydrogens (tertiary/aromatic N) is 2. The average Bonchev–Trinajstić information content (AvgIpc) is 2.67. The molecule has 1 heterocycles. The van der Waals surface area contributed by atoms with E-state index >= 15 is 0 Å². The Kier molecular flexibility index (Phi) is 8.30. The summed E-state index contributed by atoms with van der Waals surface area (Å²) < 4.78 is 5.19. The Hall–Kier alpha value is -2.08. The molecule has 1 aliphatic rings. The highest BCUT2D eigenvalue weighted by Crippen LogP contribution is 2.22. The lowest BCUT2D eigenvalue weighted by molar-refractivity contribution is -0.138. The third-order valence-electron chi connectivity index (χ3n) is 5.33. The van der Waals surface area contributed by atoms with Gasteiger partial charge in [-0.25, -0.2) is 0 Å². The molecule has 28 heavy (non-hydrogen) atoms. The number of ether oxygens (including phenoxy) is 1. The van der Waals surface area contributed by atoms with Gasteiger partial charge in [-0.3, -0.25) is 9.59 Å². The highest BCUT2D eigenvalue weighted by molar-refractivity contribution is 5.88. The molecule has 1 saturated heterocycles. The maximum absolute atomic E-state index is 13.0. The highest BCUT2D eigenvalue weighted by atomic mass is 16.5. The monoisotopic (exact) mass is 389 g/mol. The maximum atomic E-state index is 13.0. The van der Waals surface area contributed by atoms with Gasteiger partial charge in [-0.2, -0.15) is 0 Å². The van der Waals surface area contributed by atoms with E-state index in [1.807, 2.05) is 36.1 Å². The molecule has 0 aromatic heterocycles. The quantitative estimate of drug-likeness (QED) is 0.742. The van der Waals surface area contributed by atoms with Gasteiger partial charge in [0, 0.05) is 32.6 Å². The van der Waals surface area contributed by atoms with Crippen molar-refractivity contribution in [1.82, 2.24) is 15.1 Å². The fraction of sp³-hybridized carbons (Fsp3) is 0.636. The predicted molar refractivity (Wildman–Crippen MR) is 111 cm³/mol. The Morgan fingerprint density at radius 2 is 1.68 bits per heavy atom. The van der Waals surface area contributed by atoms with E-state index in [2.05, 4.69) is 31.1 Å². The molecule has 0 saturated carbocycles. The van der Waals surface area contributed by atoms with E-state index in [4.69, 9.17) is 4.74 Å². The summed E-state index contributed by atoms with van der Waals surface area (Å²) in [4.78, 5) is 29.8. The summed E-state index contributed by atoms with van der Waals surface area (Å²) in [6.45, 7) is 9.39. The van der Waals surface area contributed by atoms with E-state index in [0.29, 0.717) is 18.8 Å². The molecular weight excluding hydrogens is 354 g/mol. The number of rotatable bonds is 8. The van der Waals surface area contributed by atoms with Gasteiger partial charge in [0.05, 0.1) is 7.11 Å². The second-order valence-electron chi connectivity index (χ2n) is 8.26. The molecule has 156 valence electrons. The van der Waals surface area contributed by atoms with Gasteiger partial charge in [-0.1, -0.05) is 32.9 Å². The Bertz CT molecular complexity index is 637. The van der Waals surface area contributed by atoms with Crippen LogP contribution in [-0.2, 0) is 9.59 Å². The second-order valence-corrected chi connectivity index (χ2v) is 8.26. The molecular formula is C22H35N3O3. The van der Waals surface area contributed by atoms with E-state index in [0.717, 1.165) is 37.5 Å². The van der Waals surface area contributed by atoms with Gasteiger partial charge in [0.2, 0.25) is 11.8 Å². The Morgan fingerprint density at radius 3 is 2.21 bits per heavy atom. The van der Waals surface area contributed by atoms with E-state index in [1.54, 1.807) is 7.11 Å². The molecule has 0 spiro atoms. The molecule has 1 aromatic carbocycles. The Balaban J connectivity index is 1.96. The summed E-state index contributed by atoms with van der Waals surface area (Å²) in [7, 11) is 3.70. The van der Waals surface area contributed by atoms with E-state index < -0.39 is 6.04 Å². The van der Waals surface area contributed by atoms with Gasteiger partial charge in [-0.15, -0.1) is 0 Å². The van der Waals surface area contributed by atoms with Crippen molar-refractivity contribution in [1.29, 1.82) is 0 Å². The highest BCUT2D eigenvalue weighted by Gasteiger charge is 2.28. The van der Waals surface area contributed by atoms with E-state index in [9.17, 15) is 9.59 Å². The SMILES string of the molecule is COc1ccc(C(C)CC(=O)N[C@H](CC(C)C)C(=O)N2CCN(C)CC2)cc1. The van der Waals surface area contributed by atoms with Crippen molar-refractivity contribution < 1.29 is 14.3 Å². The Labute approximate surface area is 169 Å². The van der Waals surface area contributed by atoms with Crippen molar-refractivity contribution in [2.24, 2.45) is 5.92 Å². The van der Waals surface area contributed by atoms with Crippen LogP contribution in [0.15, 0.2) is 24.3 Å². The van der Waals surface area contributed by atoms with Crippen LogP contribution in [-0.4, -0.2) is 68.0 Å². The van der Waals surface area contributed by atoms with Crippen LogP contribution in [0.5, 0.6) is 5.75 Å². The number of hydrogen-bond acceptors (Lipinski definition) is 4. The largest absolute Gasteiger partial charge is 0.497 e. The van der Waals surface area contributed by atoms with Crippen molar-refractivity contribution in [3.05, 3.63) is 29.8 Å². The number of carbonyl (C=O) groups excluding carboxylic acids is 2. The summed E-state index contributed by atoms with van der Waals surface area (Å²) in [5.74, 6) is 1.18. The minimum absolute atomic E-state index is 0.0484. The number of amides is 2. The molecule has 6 heteroatoms. The number of likely N-dealkylation sites (N-methyl/N-ethyl adjacent to an activating group) is 1. The summed E-state index contributed by atoms with van der Waals surface area (Å²) in [6, 6.07) is 7.33. The minimum Gasteiger partial charge on any atom is -0.497 e. The average molecular weight is 390 g/mol. The molecule has 1 fully saturated rings. The lowest BCUT2D eigenvalue weighted by Gasteiger charge is -2.35. The predicted octanol–water partition coefficient (Wildman–Crippen LogP) is 2.49. The molecule has 1 aliphatic heterocycles. The maximum Gasteiger partial charge on any atom is 0.245 e. The first-order chi connectivity index (χ1) is 13.3. The van der Waals surface area contributed by atoms with Crippen molar-refractivity contribution in [3.63, 3.8) is 0 Å². The van der Waals surface area contributed by atoms with Crippen LogP contribution in [0.3, 0.4) is 0 Å². The molecule has 0 radical (unpaired) electrons. The minimum atomic E-state index is -0.445. The summed E-state index contributed by atoms with van der Waals surface area (Å²) >= 11 is 0. The summed E-state index contributed by atoms with van der Waals surface area (Å²) in [5.41, 5.74) is 1.08. The molecule has 0 aliphatic carbocycles. The first-order valence-electron chi connectivity index (χ1n) is 10.2. The molecule has 1 aromatic rings. The molecule has 2 atom stereocenters. The lowest BCUT2D eigenvalue weighted by atomic mass is 9.96. The third kappa shape index (κ3) is 6.51. The van der Waals surface area contributed by atoms with Crippen LogP contribution < -0.4 is 10.1 Å². The van der Waals surface area contributed by atoms with E-state index in [1.165, 1.54) is 0 Å². The summed E-state index contributed by atoms with van der Waals surface area (Å²) in [5, 5.41) is 3.01. The lowest BCUT2D eigenvalue weighted by Crippen LogP contribution is -2.54. The van der Waals surface area contributed by atoms with Gasteiger partial charge >= 0.3 is 0 Å². The first-order valence-corrected chi connectivity index (χ1v) is 10.2. The topological polar surface area (TPSA) is 61.9 Å². The first kappa shape index (κ1) is 22.2.